The van der Waals surface area contributed by atoms with Crippen LogP contribution < -0.4 is 10.1 Å². The Labute approximate surface area is 139 Å². The molecule has 0 unspecified atom stereocenters. The third-order valence-corrected chi connectivity index (χ3v) is 4.08. The number of halogens is 3. The summed E-state index contributed by atoms with van der Waals surface area (Å²) in [4.78, 5) is 12.2. The zero-order chi connectivity index (χ0) is 17.8. The molecule has 0 atom stereocenters. The molecule has 0 radical (unpaired) electrons. The van der Waals surface area contributed by atoms with Gasteiger partial charge in [0.15, 0.2) is 6.61 Å². The zero-order valence-corrected chi connectivity index (χ0v) is 13.6. The lowest BCUT2D eigenvalue weighted by Crippen LogP contribution is -2.36. The maximum absolute atomic E-state index is 12.4. The topological polar surface area (TPSA) is 58.6 Å². The summed E-state index contributed by atoms with van der Waals surface area (Å²) in [7, 11) is 0. The van der Waals surface area contributed by atoms with Crippen molar-refractivity contribution in [3.63, 3.8) is 0 Å². The fourth-order valence-corrected chi connectivity index (χ4v) is 2.89. The number of carbonyl (C=O) groups is 1. The predicted molar refractivity (Wildman–Crippen MR) is 84.0 cm³/mol. The number of aryl methyl sites for hydroxylation is 1. The van der Waals surface area contributed by atoms with Crippen molar-refractivity contribution in [1.29, 1.82) is 0 Å². The van der Waals surface area contributed by atoms with Gasteiger partial charge in [-0.1, -0.05) is 25.3 Å². The van der Waals surface area contributed by atoms with Gasteiger partial charge in [0, 0.05) is 0 Å². The van der Waals surface area contributed by atoms with Crippen LogP contribution in [0.15, 0.2) is 18.2 Å². The van der Waals surface area contributed by atoms with Crippen molar-refractivity contribution in [2.45, 2.75) is 57.2 Å². The van der Waals surface area contributed by atoms with Gasteiger partial charge in [-0.15, -0.1) is 0 Å². The molecule has 2 N–H and O–H groups in total. The Hall–Kier alpha value is -1.76. The second-order valence-electron chi connectivity index (χ2n) is 6.41. The Balaban J connectivity index is 2.03. The van der Waals surface area contributed by atoms with Crippen molar-refractivity contribution in [1.82, 2.24) is 0 Å². The van der Waals surface area contributed by atoms with Gasteiger partial charge in [-0.2, -0.15) is 13.2 Å². The van der Waals surface area contributed by atoms with Crippen molar-refractivity contribution in [2.75, 3.05) is 11.9 Å². The summed E-state index contributed by atoms with van der Waals surface area (Å²) in [6.07, 6.45) is -0.626. The van der Waals surface area contributed by atoms with E-state index in [-0.39, 0.29) is 17.9 Å². The van der Waals surface area contributed by atoms with Gasteiger partial charge in [0.1, 0.15) is 5.75 Å². The average Bonchev–Trinajstić information content (AvgIpc) is 2.47. The number of rotatable bonds is 5. The molecule has 0 heterocycles. The highest BCUT2D eigenvalue weighted by Crippen LogP contribution is 2.32. The molecule has 7 heteroatoms. The van der Waals surface area contributed by atoms with Gasteiger partial charge in [-0.3, -0.25) is 4.79 Å². The minimum absolute atomic E-state index is 0.0312. The van der Waals surface area contributed by atoms with Gasteiger partial charge in [0.2, 0.25) is 5.91 Å². The Kier molecular flexibility index (Phi) is 5.74. The van der Waals surface area contributed by atoms with E-state index < -0.39 is 24.3 Å². The molecule has 1 amide bonds. The van der Waals surface area contributed by atoms with Gasteiger partial charge in [0.05, 0.1) is 17.7 Å². The number of amides is 1. The van der Waals surface area contributed by atoms with Crippen LogP contribution in [0.4, 0.5) is 18.9 Å². The van der Waals surface area contributed by atoms with E-state index in [2.05, 4.69) is 5.32 Å². The van der Waals surface area contributed by atoms with Gasteiger partial charge >= 0.3 is 6.18 Å². The van der Waals surface area contributed by atoms with Crippen molar-refractivity contribution in [2.24, 2.45) is 0 Å². The normalized spacial score (nSPS) is 17.4. The maximum Gasteiger partial charge on any atom is 0.422 e. The summed E-state index contributed by atoms with van der Waals surface area (Å²) in [6, 6.07) is 4.62. The molecule has 1 aromatic rings. The molecule has 0 aliphatic heterocycles. The molecule has 0 aromatic heterocycles. The summed E-state index contributed by atoms with van der Waals surface area (Å²) in [5, 5.41) is 13.0. The van der Waals surface area contributed by atoms with Crippen molar-refractivity contribution in [3.8, 4) is 5.75 Å². The quantitative estimate of drug-likeness (QED) is 0.849. The van der Waals surface area contributed by atoms with Crippen molar-refractivity contribution in [3.05, 3.63) is 23.8 Å². The summed E-state index contributed by atoms with van der Waals surface area (Å²) >= 11 is 0. The van der Waals surface area contributed by atoms with E-state index in [1.54, 1.807) is 13.0 Å². The summed E-state index contributed by atoms with van der Waals surface area (Å²) in [5.74, 6) is -0.462. The van der Waals surface area contributed by atoms with Crippen LogP contribution in [0.5, 0.6) is 5.75 Å². The first-order valence-electron chi connectivity index (χ1n) is 7.99. The second kappa shape index (κ2) is 7.42. The number of aliphatic hydroxyl groups is 1. The lowest BCUT2D eigenvalue weighted by Gasteiger charge is -2.31. The van der Waals surface area contributed by atoms with Crippen LogP contribution in [0.1, 0.15) is 44.1 Å². The fraction of sp³-hybridized carbons (Fsp3) is 0.588. The van der Waals surface area contributed by atoms with Gasteiger partial charge in [-0.25, -0.2) is 0 Å². The van der Waals surface area contributed by atoms with E-state index >= 15 is 0 Å². The van der Waals surface area contributed by atoms with E-state index in [1.165, 1.54) is 12.1 Å². The Morgan fingerprint density at radius 2 is 1.96 bits per heavy atom. The highest BCUT2D eigenvalue weighted by atomic mass is 19.4. The molecule has 1 aliphatic carbocycles. The third-order valence-electron chi connectivity index (χ3n) is 4.08. The minimum atomic E-state index is -4.46. The van der Waals surface area contributed by atoms with Crippen LogP contribution in [0.3, 0.4) is 0 Å². The molecule has 1 saturated carbocycles. The lowest BCUT2D eigenvalue weighted by atomic mass is 9.82. The Morgan fingerprint density at radius 1 is 1.29 bits per heavy atom. The molecule has 0 bridgehead atoms. The summed E-state index contributed by atoms with van der Waals surface area (Å²) in [6.45, 7) is 0.292. The summed E-state index contributed by atoms with van der Waals surface area (Å²) < 4.78 is 41.8. The molecule has 0 saturated heterocycles. The molecular formula is C17H22F3NO3. The highest BCUT2D eigenvalue weighted by molar-refractivity contribution is 5.93. The zero-order valence-electron chi connectivity index (χ0n) is 13.6. The number of anilines is 1. The molecule has 1 fully saturated rings. The van der Waals surface area contributed by atoms with Crippen LogP contribution in [0.25, 0.3) is 0 Å². The lowest BCUT2D eigenvalue weighted by molar-refractivity contribution is -0.153. The molecule has 1 aliphatic rings. The first kappa shape index (κ1) is 18.6. The van der Waals surface area contributed by atoms with Crippen LogP contribution in [0.2, 0.25) is 0 Å². The molecule has 2 rings (SSSR count). The van der Waals surface area contributed by atoms with E-state index in [4.69, 9.17) is 4.74 Å². The minimum Gasteiger partial charge on any atom is -0.482 e. The van der Waals surface area contributed by atoms with Crippen LogP contribution in [0, 0.1) is 6.92 Å². The molecule has 0 spiro atoms. The molecule has 134 valence electrons. The largest absolute Gasteiger partial charge is 0.482 e. The number of hydrogen-bond donors (Lipinski definition) is 2. The standard InChI is InChI=1S/C17H22F3NO3/c1-12-5-6-13(14(9-12)24-11-17(18,19)20)21-15(22)10-16(23)7-3-2-4-8-16/h5-6,9,23H,2-4,7-8,10-11H2,1H3,(H,21,22). The number of alkyl halides is 3. The van der Waals surface area contributed by atoms with E-state index in [0.717, 1.165) is 24.8 Å². The van der Waals surface area contributed by atoms with Crippen LogP contribution in [-0.4, -0.2) is 29.4 Å². The van der Waals surface area contributed by atoms with Crippen molar-refractivity contribution < 1.29 is 27.8 Å². The Bertz CT molecular complexity index is 581. The van der Waals surface area contributed by atoms with Gasteiger partial charge < -0.3 is 15.2 Å². The molecule has 4 nitrogen and oxygen atoms in total. The third kappa shape index (κ3) is 5.70. The average molecular weight is 345 g/mol. The monoisotopic (exact) mass is 345 g/mol. The van der Waals surface area contributed by atoms with Crippen LogP contribution >= 0.6 is 0 Å². The molecule has 24 heavy (non-hydrogen) atoms. The fourth-order valence-electron chi connectivity index (χ4n) is 2.89. The summed E-state index contributed by atoms with van der Waals surface area (Å²) in [5.41, 5.74) is -0.134. The number of ether oxygens (including phenoxy) is 1. The highest BCUT2D eigenvalue weighted by Gasteiger charge is 2.32. The van der Waals surface area contributed by atoms with E-state index in [9.17, 15) is 23.1 Å². The predicted octanol–water partition coefficient (Wildman–Crippen LogP) is 3.96. The van der Waals surface area contributed by atoms with Crippen molar-refractivity contribution >= 4 is 11.6 Å². The SMILES string of the molecule is Cc1ccc(NC(=O)CC2(O)CCCCC2)c(OCC(F)(F)F)c1. The number of hydrogen-bond acceptors (Lipinski definition) is 3. The molecule has 1 aromatic carbocycles. The maximum atomic E-state index is 12.4. The first-order valence-corrected chi connectivity index (χ1v) is 7.99. The first-order chi connectivity index (χ1) is 11.2. The number of nitrogens with one attached hydrogen (secondary N) is 1. The number of benzene rings is 1. The number of carbonyl (C=O) groups excluding carboxylic acids is 1. The second-order valence-corrected chi connectivity index (χ2v) is 6.41. The van der Waals surface area contributed by atoms with E-state index in [0.29, 0.717) is 12.8 Å². The smallest absolute Gasteiger partial charge is 0.422 e. The Morgan fingerprint density at radius 3 is 2.58 bits per heavy atom. The van der Waals surface area contributed by atoms with Crippen LogP contribution in [-0.2, 0) is 4.79 Å². The van der Waals surface area contributed by atoms with Gasteiger partial charge in [-0.05, 0) is 37.5 Å². The molecular weight excluding hydrogens is 323 g/mol. The van der Waals surface area contributed by atoms with E-state index in [1.807, 2.05) is 0 Å². The van der Waals surface area contributed by atoms with Gasteiger partial charge in [0.25, 0.3) is 0 Å².